The fourth-order valence-electron chi connectivity index (χ4n) is 3.34. The largest absolute Gasteiger partial charge is 0.494 e. The molecule has 0 spiro atoms. The molecule has 0 bridgehead atoms. The van der Waals surface area contributed by atoms with E-state index < -0.39 is 22.0 Å². The fraction of sp³-hybridized carbons (Fsp3) is 0.174. The first kappa shape index (κ1) is 20.7. The molecule has 0 saturated heterocycles. The van der Waals surface area contributed by atoms with Gasteiger partial charge < -0.3 is 14.8 Å². The molecule has 4 rings (SSSR count). The van der Waals surface area contributed by atoms with Gasteiger partial charge in [-0.2, -0.15) is 0 Å². The van der Waals surface area contributed by atoms with Crippen molar-refractivity contribution in [3.8, 4) is 11.5 Å². The van der Waals surface area contributed by atoms with Crippen LogP contribution in [0.5, 0.6) is 11.5 Å². The zero-order valence-corrected chi connectivity index (χ0v) is 17.7. The van der Waals surface area contributed by atoms with Crippen LogP contribution in [0.25, 0.3) is 0 Å². The van der Waals surface area contributed by atoms with Crippen molar-refractivity contribution in [2.45, 2.75) is 17.9 Å². The average molecular weight is 439 g/mol. The summed E-state index contributed by atoms with van der Waals surface area (Å²) in [5, 5.41) is 2.79. The van der Waals surface area contributed by atoms with E-state index in [9.17, 15) is 13.2 Å². The highest BCUT2D eigenvalue weighted by Crippen LogP contribution is 2.37. The molecule has 1 aliphatic rings. The van der Waals surface area contributed by atoms with Gasteiger partial charge >= 0.3 is 0 Å². The standard InChI is InChI=1S/C23H22N2O5S/c1-2-29-18-10-8-9-17(15-18)24-23(26)22-16-25(20-13-6-7-14-21(20)30-22)31(27,28)19-11-4-3-5-12-19/h3-15,22H,2,16H2,1H3,(H,24,26)/t22-/m0/s1. The molecular weight excluding hydrogens is 416 g/mol. The van der Waals surface area contributed by atoms with Gasteiger partial charge in [0, 0.05) is 11.8 Å². The molecule has 0 saturated carbocycles. The Labute approximate surface area is 181 Å². The number of fused-ring (bicyclic) bond motifs is 1. The van der Waals surface area contributed by atoms with Crippen molar-refractivity contribution >= 4 is 27.3 Å². The first-order chi connectivity index (χ1) is 15.0. The van der Waals surface area contributed by atoms with Crippen molar-refractivity contribution in [2.24, 2.45) is 0 Å². The number of amides is 1. The maximum Gasteiger partial charge on any atom is 0.267 e. The predicted molar refractivity (Wildman–Crippen MR) is 118 cm³/mol. The Morgan fingerprint density at radius 3 is 2.58 bits per heavy atom. The van der Waals surface area contributed by atoms with Gasteiger partial charge in [-0.25, -0.2) is 8.42 Å². The summed E-state index contributed by atoms with van der Waals surface area (Å²) in [6, 6.07) is 21.9. The Balaban J connectivity index is 1.62. The molecule has 0 unspecified atom stereocenters. The average Bonchev–Trinajstić information content (AvgIpc) is 2.79. The molecule has 8 heteroatoms. The third kappa shape index (κ3) is 4.34. The van der Waals surface area contributed by atoms with Crippen LogP contribution in [-0.2, 0) is 14.8 Å². The van der Waals surface area contributed by atoms with Gasteiger partial charge in [-0.3, -0.25) is 9.10 Å². The van der Waals surface area contributed by atoms with Gasteiger partial charge in [-0.05, 0) is 43.3 Å². The van der Waals surface area contributed by atoms with E-state index >= 15 is 0 Å². The fourth-order valence-corrected chi connectivity index (χ4v) is 4.84. The number of hydrogen-bond acceptors (Lipinski definition) is 5. The summed E-state index contributed by atoms with van der Waals surface area (Å²) >= 11 is 0. The smallest absolute Gasteiger partial charge is 0.267 e. The number of nitrogens with zero attached hydrogens (tertiary/aromatic N) is 1. The molecule has 1 N–H and O–H groups in total. The summed E-state index contributed by atoms with van der Waals surface area (Å²) in [6.45, 7) is 2.23. The van der Waals surface area contributed by atoms with Gasteiger partial charge in [0.05, 0.1) is 23.7 Å². The number of hydrogen-bond donors (Lipinski definition) is 1. The molecule has 3 aromatic rings. The highest BCUT2D eigenvalue weighted by atomic mass is 32.2. The Morgan fingerprint density at radius 2 is 1.81 bits per heavy atom. The zero-order valence-electron chi connectivity index (χ0n) is 16.9. The van der Waals surface area contributed by atoms with Crippen LogP contribution in [-0.4, -0.2) is 33.6 Å². The quantitative estimate of drug-likeness (QED) is 0.635. The summed E-state index contributed by atoms with van der Waals surface area (Å²) in [7, 11) is -3.88. The van der Waals surface area contributed by atoms with Gasteiger partial charge in [-0.1, -0.05) is 36.4 Å². The topological polar surface area (TPSA) is 84.9 Å². The van der Waals surface area contributed by atoms with Crippen LogP contribution in [0.2, 0.25) is 0 Å². The predicted octanol–water partition coefficient (Wildman–Crippen LogP) is 3.68. The second-order valence-electron chi connectivity index (χ2n) is 6.87. The summed E-state index contributed by atoms with van der Waals surface area (Å²) in [6.07, 6.45) is -1.02. The molecule has 31 heavy (non-hydrogen) atoms. The molecule has 1 aliphatic heterocycles. The van der Waals surface area contributed by atoms with Crippen LogP contribution in [0.3, 0.4) is 0 Å². The number of ether oxygens (including phenoxy) is 2. The van der Waals surface area contributed by atoms with E-state index in [0.29, 0.717) is 29.5 Å². The highest BCUT2D eigenvalue weighted by Gasteiger charge is 2.37. The minimum absolute atomic E-state index is 0.148. The number of benzene rings is 3. The van der Waals surface area contributed by atoms with Crippen molar-refractivity contribution in [1.29, 1.82) is 0 Å². The molecular formula is C23H22N2O5S. The lowest BCUT2D eigenvalue weighted by atomic mass is 10.2. The van der Waals surface area contributed by atoms with E-state index in [1.165, 1.54) is 16.4 Å². The molecule has 1 heterocycles. The van der Waals surface area contributed by atoms with Crippen molar-refractivity contribution in [3.05, 3.63) is 78.9 Å². The van der Waals surface area contributed by atoms with Gasteiger partial charge in [-0.15, -0.1) is 0 Å². The van der Waals surface area contributed by atoms with Crippen LogP contribution in [0.15, 0.2) is 83.8 Å². The Morgan fingerprint density at radius 1 is 1.06 bits per heavy atom. The maximum absolute atomic E-state index is 13.3. The van der Waals surface area contributed by atoms with Crippen LogP contribution in [0.1, 0.15) is 6.92 Å². The third-order valence-electron chi connectivity index (χ3n) is 4.77. The van der Waals surface area contributed by atoms with Crippen LogP contribution >= 0.6 is 0 Å². The first-order valence-corrected chi connectivity index (χ1v) is 11.3. The van der Waals surface area contributed by atoms with Crippen molar-refractivity contribution in [3.63, 3.8) is 0 Å². The van der Waals surface area contributed by atoms with Crippen molar-refractivity contribution < 1.29 is 22.7 Å². The minimum Gasteiger partial charge on any atom is -0.494 e. The minimum atomic E-state index is -3.88. The number of sulfonamides is 1. The van der Waals surface area contributed by atoms with Crippen LogP contribution in [0.4, 0.5) is 11.4 Å². The Hall–Kier alpha value is -3.52. The van der Waals surface area contributed by atoms with Crippen LogP contribution < -0.4 is 19.1 Å². The van der Waals surface area contributed by atoms with Crippen molar-refractivity contribution in [1.82, 2.24) is 0 Å². The van der Waals surface area contributed by atoms with E-state index in [-0.39, 0.29) is 11.4 Å². The van der Waals surface area contributed by atoms with E-state index in [2.05, 4.69) is 5.32 Å². The zero-order chi connectivity index (χ0) is 21.8. The van der Waals surface area contributed by atoms with Gasteiger partial charge in [0.2, 0.25) is 0 Å². The second-order valence-corrected chi connectivity index (χ2v) is 8.74. The first-order valence-electron chi connectivity index (χ1n) is 9.86. The van der Waals surface area contributed by atoms with Gasteiger partial charge in [0.15, 0.2) is 6.10 Å². The number of carbonyl (C=O) groups excluding carboxylic acids is 1. The third-order valence-corrected chi connectivity index (χ3v) is 6.56. The maximum atomic E-state index is 13.3. The summed E-state index contributed by atoms with van der Waals surface area (Å²) in [5.74, 6) is 0.511. The summed E-state index contributed by atoms with van der Waals surface area (Å²) in [5.41, 5.74) is 0.935. The van der Waals surface area contributed by atoms with E-state index in [1.54, 1.807) is 66.7 Å². The number of rotatable bonds is 6. The molecule has 0 fully saturated rings. The van der Waals surface area contributed by atoms with Crippen molar-refractivity contribution in [2.75, 3.05) is 22.8 Å². The molecule has 1 atom stereocenters. The lowest BCUT2D eigenvalue weighted by Gasteiger charge is -2.34. The number of anilines is 2. The molecule has 7 nitrogen and oxygen atoms in total. The number of nitrogens with one attached hydrogen (secondary N) is 1. The normalized spacial score (nSPS) is 15.5. The van der Waals surface area contributed by atoms with E-state index in [0.717, 1.165) is 0 Å². The lowest BCUT2D eigenvalue weighted by molar-refractivity contribution is -0.122. The van der Waals surface area contributed by atoms with Gasteiger partial charge in [0.1, 0.15) is 11.5 Å². The van der Waals surface area contributed by atoms with Gasteiger partial charge in [0.25, 0.3) is 15.9 Å². The van der Waals surface area contributed by atoms with E-state index in [4.69, 9.17) is 9.47 Å². The molecule has 1 amide bonds. The molecule has 0 aromatic heterocycles. The molecule has 160 valence electrons. The number of carbonyl (C=O) groups is 1. The van der Waals surface area contributed by atoms with E-state index in [1.807, 2.05) is 6.92 Å². The molecule has 0 aliphatic carbocycles. The summed E-state index contributed by atoms with van der Waals surface area (Å²) in [4.78, 5) is 13.1. The monoisotopic (exact) mass is 438 g/mol. The molecule has 3 aromatic carbocycles. The van der Waals surface area contributed by atoms with Crippen LogP contribution in [0, 0.1) is 0 Å². The SMILES string of the molecule is CCOc1cccc(NC(=O)[C@@H]2CN(S(=O)(=O)c3ccccc3)c3ccccc3O2)c1. The molecule has 0 radical (unpaired) electrons. The second kappa shape index (κ2) is 8.69. The Kier molecular flexibility index (Phi) is 5.81. The number of para-hydroxylation sites is 2. The Bertz CT molecular complexity index is 1180. The summed E-state index contributed by atoms with van der Waals surface area (Å²) < 4.78 is 39.2. The highest BCUT2D eigenvalue weighted by molar-refractivity contribution is 7.92. The lowest BCUT2D eigenvalue weighted by Crippen LogP contribution is -2.48.